The summed E-state index contributed by atoms with van der Waals surface area (Å²) in [5.74, 6) is -7.41. The number of imidazole rings is 1. The first kappa shape index (κ1) is 36.4. The lowest BCUT2D eigenvalue weighted by Crippen LogP contribution is -2.77. The average Bonchev–Trinajstić information content (AvgIpc) is 3.41. The topological polar surface area (TPSA) is 164 Å². The number of esters is 2. The minimum Gasteiger partial charge on any atom is -0.464 e. The van der Waals surface area contributed by atoms with E-state index in [1.807, 2.05) is 0 Å². The van der Waals surface area contributed by atoms with Crippen LogP contribution in [0.5, 0.6) is 0 Å². The monoisotopic (exact) mass is 705 g/mol. The van der Waals surface area contributed by atoms with Gasteiger partial charge in [0.1, 0.15) is 23.7 Å². The molecule has 18 heteroatoms. The predicted octanol–water partition coefficient (Wildman–Crippen LogP) is 5.10. The molecule has 3 fully saturated rings. The lowest BCUT2D eigenvalue weighted by atomic mass is 9.87. The predicted molar refractivity (Wildman–Crippen MR) is 166 cm³/mol. The van der Waals surface area contributed by atoms with E-state index in [4.69, 9.17) is 19.9 Å². The van der Waals surface area contributed by atoms with Gasteiger partial charge in [-0.25, -0.2) is 42.4 Å². The van der Waals surface area contributed by atoms with Gasteiger partial charge in [-0.1, -0.05) is 0 Å². The quantitative estimate of drug-likeness (QED) is 0.171. The van der Waals surface area contributed by atoms with Crippen LogP contribution in [0, 0.1) is 11.8 Å². The Morgan fingerprint density at radius 1 is 1.02 bits per heavy atom. The largest absolute Gasteiger partial charge is 0.464 e. The van der Waals surface area contributed by atoms with E-state index in [9.17, 15) is 31.7 Å². The van der Waals surface area contributed by atoms with Crippen molar-refractivity contribution >= 4 is 36.4 Å². The number of nitrogens with two attached hydrogens (primary N) is 1. The molecule has 0 radical (unpaired) electrons. The van der Waals surface area contributed by atoms with E-state index >= 15 is 0 Å². The third-order valence-corrected chi connectivity index (χ3v) is 12.4. The molecule has 0 spiro atoms. The van der Waals surface area contributed by atoms with E-state index in [2.05, 4.69) is 20.0 Å². The minimum absolute atomic E-state index is 0.0994. The molecule has 2 saturated carbocycles. The van der Waals surface area contributed by atoms with E-state index in [0.717, 1.165) is 0 Å². The van der Waals surface area contributed by atoms with Crippen LogP contribution in [0.3, 0.4) is 0 Å². The van der Waals surface area contributed by atoms with Crippen molar-refractivity contribution in [1.29, 1.82) is 0 Å². The second kappa shape index (κ2) is 13.4. The van der Waals surface area contributed by atoms with Crippen LogP contribution in [-0.2, 0) is 34.9 Å². The number of anilines is 1. The van der Waals surface area contributed by atoms with E-state index < -0.39 is 54.9 Å². The van der Waals surface area contributed by atoms with Crippen LogP contribution in [0.15, 0.2) is 12.7 Å². The lowest BCUT2D eigenvalue weighted by molar-refractivity contribution is -0.172. The average molecular weight is 706 g/mol. The van der Waals surface area contributed by atoms with Crippen molar-refractivity contribution in [3.8, 4) is 0 Å². The summed E-state index contributed by atoms with van der Waals surface area (Å²) in [6.45, 7) is 6.11. The van der Waals surface area contributed by atoms with Crippen LogP contribution in [-0.4, -0.2) is 84.8 Å². The molecule has 48 heavy (non-hydrogen) atoms. The molecule has 2 aromatic rings. The van der Waals surface area contributed by atoms with Gasteiger partial charge in [-0.2, -0.15) is 4.67 Å². The number of nitrogen functional groups attached to an aromatic ring is 1. The Hall–Kier alpha value is -2.88. The number of nitrogens with zero attached hydrogens (tertiary/aromatic N) is 5. The van der Waals surface area contributed by atoms with Crippen molar-refractivity contribution in [1.82, 2.24) is 29.3 Å². The van der Waals surface area contributed by atoms with Crippen molar-refractivity contribution in [2.75, 3.05) is 25.3 Å². The van der Waals surface area contributed by atoms with Crippen molar-refractivity contribution in [2.24, 2.45) is 11.8 Å². The van der Waals surface area contributed by atoms with Crippen molar-refractivity contribution in [2.45, 2.75) is 115 Å². The number of ether oxygens (including phenoxy) is 3. The lowest BCUT2D eigenvalue weighted by Gasteiger charge is -2.59. The van der Waals surface area contributed by atoms with Crippen LogP contribution >= 0.6 is 7.44 Å². The fourth-order valence-corrected chi connectivity index (χ4v) is 9.95. The number of carbonyl (C=O) groups excluding carboxylic acids is 2. The van der Waals surface area contributed by atoms with Gasteiger partial charge in [-0.3, -0.25) is 9.36 Å². The smallest absolute Gasteiger partial charge is 0.342 e. The summed E-state index contributed by atoms with van der Waals surface area (Å²) in [6, 6.07) is 0. The zero-order valence-corrected chi connectivity index (χ0v) is 28.5. The zero-order valence-electron chi connectivity index (χ0n) is 27.6. The molecule has 2 aliphatic carbocycles. The van der Waals surface area contributed by atoms with Gasteiger partial charge in [-0.15, -0.1) is 0 Å². The Labute approximate surface area is 276 Å². The molecular weight excluding hydrogens is 661 g/mol. The second-order valence-corrected chi connectivity index (χ2v) is 16.3. The minimum atomic E-state index is -3.81. The molecular formula is C30H44F4N7O6P. The molecule has 2 aromatic heterocycles. The van der Waals surface area contributed by atoms with Gasteiger partial charge < -0.3 is 24.5 Å². The molecule has 1 saturated heterocycles. The van der Waals surface area contributed by atoms with Crippen LogP contribution in [0.1, 0.15) is 79.1 Å². The fraction of sp³-hybridized carbons (Fsp3) is 0.767. The fourth-order valence-electron chi connectivity index (χ4n) is 6.82. The first-order valence-corrected chi connectivity index (χ1v) is 18.0. The number of aromatic nitrogens is 4. The highest BCUT2D eigenvalue weighted by molar-refractivity contribution is 7.61. The molecule has 3 heterocycles. The number of hydrogen-bond donors (Lipinski definition) is 2. The van der Waals surface area contributed by atoms with Crippen LogP contribution < -0.4 is 10.8 Å². The number of fused-ring (bicyclic) bond motifs is 1. The van der Waals surface area contributed by atoms with Crippen molar-refractivity contribution in [3.05, 3.63) is 12.7 Å². The first-order chi connectivity index (χ1) is 22.4. The Balaban J connectivity index is 1.28. The summed E-state index contributed by atoms with van der Waals surface area (Å²) in [6.07, 6.45) is 1.46. The number of halogens is 4. The summed E-state index contributed by atoms with van der Waals surface area (Å²) in [5.41, 5.74) is 3.35. The summed E-state index contributed by atoms with van der Waals surface area (Å²) in [4.78, 5) is 39.5. The van der Waals surface area contributed by atoms with Crippen molar-refractivity contribution < 1.29 is 45.9 Å². The third-order valence-electron chi connectivity index (χ3n) is 9.56. The van der Waals surface area contributed by atoms with Gasteiger partial charge in [0.25, 0.3) is 0 Å². The maximum atomic E-state index is 14.4. The number of nitrogens with one attached hydrogen (secondary N) is 1. The Morgan fingerprint density at radius 3 is 2.17 bits per heavy atom. The van der Waals surface area contributed by atoms with E-state index in [-0.39, 0.29) is 88.8 Å². The number of alkyl halides is 4. The highest BCUT2D eigenvalue weighted by atomic mass is 31.2. The van der Waals surface area contributed by atoms with Gasteiger partial charge in [0.05, 0.1) is 32.2 Å². The van der Waals surface area contributed by atoms with Crippen LogP contribution in [0.4, 0.5) is 23.4 Å². The SMILES string of the molecule is C[C@H](Cn1cnc2c(N)ncnc21)OCP1(=O)NC(C)(C(=O)OCC2CCC(F)(F)CC2)N1C(C)(C)C(=O)OCC1CCC(F)(F)CC1. The summed E-state index contributed by atoms with van der Waals surface area (Å²) < 4.78 is 89.1. The standard InChI is InChI=1S/C30H44F4N7O6P/c1-19(13-40-17-38-22-23(35)36-16-37-24(22)40)47-18-48(44)39-28(4,26(43)46-15-21-7-11-30(33,34)12-8-21)41(48)27(2,3)25(42)45-14-20-5-9-29(31,32)10-6-20/h16-17,19-21H,5-15,18H2,1-4H3,(H,39,44)(H2,35,36,37)/t19-,28?,48?/m1/s1. The number of carbonyl (C=O) groups is 2. The molecule has 3 aliphatic rings. The molecule has 1 aliphatic heterocycles. The normalized spacial score (nSPS) is 27.3. The van der Waals surface area contributed by atoms with Gasteiger partial charge in [-0.05, 0) is 65.2 Å². The van der Waals surface area contributed by atoms with Gasteiger partial charge in [0.15, 0.2) is 17.1 Å². The Kier molecular flexibility index (Phi) is 10.2. The second-order valence-electron chi connectivity index (χ2n) is 14.0. The molecule has 3 atom stereocenters. The van der Waals surface area contributed by atoms with Crippen molar-refractivity contribution in [3.63, 3.8) is 0 Å². The highest BCUT2D eigenvalue weighted by Gasteiger charge is 2.68. The third kappa shape index (κ3) is 7.63. The summed E-state index contributed by atoms with van der Waals surface area (Å²) in [7, 11) is -3.81. The maximum absolute atomic E-state index is 14.4. The van der Waals surface area contributed by atoms with Gasteiger partial charge in [0.2, 0.25) is 19.3 Å². The Morgan fingerprint density at radius 2 is 1.58 bits per heavy atom. The highest BCUT2D eigenvalue weighted by Crippen LogP contribution is 2.64. The van der Waals surface area contributed by atoms with E-state index in [0.29, 0.717) is 11.2 Å². The maximum Gasteiger partial charge on any atom is 0.342 e. The zero-order chi connectivity index (χ0) is 35.1. The molecule has 268 valence electrons. The van der Waals surface area contributed by atoms with E-state index in [1.54, 1.807) is 11.5 Å². The molecule has 0 aromatic carbocycles. The number of hydrogen-bond acceptors (Lipinski definition) is 10. The van der Waals surface area contributed by atoms with Gasteiger partial charge in [0, 0.05) is 25.7 Å². The number of rotatable bonds is 12. The van der Waals surface area contributed by atoms with Crippen LogP contribution in [0.25, 0.3) is 11.2 Å². The molecule has 3 N–H and O–H groups in total. The summed E-state index contributed by atoms with van der Waals surface area (Å²) >= 11 is 0. The summed E-state index contributed by atoms with van der Waals surface area (Å²) in [5, 5.41) is 2.82. The molecule has 13 nitrogen and oxygen atoms in total. The Bertz CT molecular complexity index is 1490. The van der Waals surface area contributed by atoms with E-state index in [1.165, 1.54) is 38.1 Å². The van der Waals surface area contributed by atoms with Gasteiger partial charge >= 0.3 is 11.9 Å². The molecule has 2 unspecified atom stereocenters. The molecule has 0 bridgehead atoms. The first-order valence-electron chi connectivity index (χ1n) is 16.2. The molecule has 0 amide bonds. The van der Waals surface area contributed by atoms with Crippen LogP contribution in [0.2, 0.25) is 0 Å². The molecule has 5 rings (SSSR count).